The van der Waals surface area contributed by atoms with Gasteiger partial charge in [-0.2, -0.15) is 14.7 Å². The molecule has 0 saturated heterocycles. The molecule has 0 aromatic heterocycles. The molecule has 0 aliphatic heterocycles. The Labute approximate surface area is 247 Å². The van der Waals surface area contributed by atoms with Gasteiger partial charge in [-0.1, -0.05) is 139 Å². The summed E-state index contributed by atoms with van der Waals surface area (Å²) in [6.45, 7) is 27.8. The molecule has 0 aliphatic carbocycles. The number of hydrogen-bond donors (Lipinski definition) is 3. The van der Waals surface area contributed by atoms with Gasteiger partial charge in [-0.15, -0.1) is 0 Å². The minimum atomic E-state index is -3.64. The van der Waals surface area contributed by atoms with Crippen LogP contribution in [0.25, 0.3) is 0 Å². The molecule has 0 fully saturated rings. The highest BCUT2D eigenvalue weighted by Gasteiger charge is 2.31. The third-order valence-electron chi connectivity index (χ3n) is 8.16. The molecule has 0 amide bonds. The molecule has 0 bridgehead atoms. The van der Waals surface area contributed by atoms with Crippen molar-refractivity contribution in [2.24, 2.45) is 0 Å². The topological polar surface area (TPSA) is 60.7 Å². The van der Waals surface area contributed by atoms with E-state index in [4.69, 9.17) is 0 Å². The zero-order valence-electron chi connectivity index (χ0n) is 27.8. The molecular formula is C36H60O3P+. The highest BCUT2D eigenvalue weighted by Crippen LogP contribution is 2.46. The van der Waals surface area contributed by atoms with E-state index >= 15 is 0 Å². The van der Waals surface area contributed by atoms with E-state index in [0.717, 1.165) is 32.1 Å². The molecule has 40 heavy (non-hydrogen) atoms. The van der Waals surface area contributed by atoms with Gasteiger partial charge >= 0.3 is 7.94 Å². The van der Waals surface area contributed by atoms with Crippen LogP contribution in [0.4, 0.5) is 0 Å². The van der Waals surface area contributed by atoms with Crippen molar-refractivity contribution >= 4 is 7.94 Å². The SMILES string of the molecule is CC(C)(C)c1ccc(C(CCCCCCC[P+](O)(O)O)c2ccc(C(C)(C)C)cc2C(C)(C)C)c(C(C)(C)C)c1. The second-order valence-corrected chi connectivity index (χ2v) is 18.0. The van der Waals surface area contributed by atoms with E-state index in [9.17, 15) is 14.7 Å². The third-order valence-corrected chi connectivity index (χ3v) is 9.07. The van der Waals surface area contributed by atoms with Gasteiger partial charge in [0, 0.05) is 5.92 Å². The second-order valence-electron chi connectivity index (χ2n) is 16.1. The first kappa shape index (κ1) is 34.9. The average Bonchev–Trinajstić information content (AvgIpc) is 2.77. The Hall–Kier alpha value is -1.25. The molecule has 2 aromatic rings. The Morgan fingerprint density at radius 3 is 1.25 bits per heavy atom. The monoisotopic (exact) mass is 571 g/mol. The summed E-state index contributed by atoms with van der Waals surface area (Å²) >= 11 is 0. The molecule has 2 aromatic carbocycles. The first-order valence-electron chi connectivity index (χ1n) is 15.4. The molecule has 0 radical (unpaired) electrons. The van der Waals surface area contributed by atoms with Gasteiger partial charge < -0.3 is 0 Å². The van der Waals surface area contributed by atoms with Gasteiger partial charge in [0.25, 0.3) is 0 Å². The average molecular weight is 572 g/mol. The summed E-state index contributed by atoms with van der Waals surface area (Å²) in [6.07, 6.45) is 6.00. The molecule has 4 heteroatoms. The first-order chi connectivity index (χ1) is 18.0. The van der Waals surface area contributed by atoms with Crippen molar-refractivity contribution in [1.82, 2.24) is 0 Å². The highest BCUT2D eigenvalue weighted by molar-refractivity contribution is 7.58. The standard InChI is InChI=1S/C36H60O3P/c1-33(2,3)26-19-21-29(31(24-26)35(7,8)9)28(18-16-14-13-15-17-23-40(37,38)39)30-22-20-27(34(4,5)6)25-32(30)36(10,11)12/h19-22,24-25,28,37-39H,13-18,23H2,1-12H3/q+1. The molecule has 0 heterocycles. The lowest BCUT2D eigenvalue weighted by Crippen LogP contribution is -2.23. The number of hydrogen-bond acceptors (Lipinski definition) is 3. The summed E-state index contributed by atoms with van der Waals surface area (Å²) in [7, 11) is -3.64. The highest BCUT2D eigenvalue weighted by atomic mass is 31.2. The van der Waals surface area contributed by atoms with E-state index in [1.807, 2.05) is 0 Å². The summed E-state index contributed by atoms with van der Waals surface area (Å²) in [5.41, 5.74) is 8.79. The Balaban J connectivity index is 2.58. The lowest BCUT2D eigenvalue weighted by atomic mass is 9.70. The van der Waals surface area contributed by atoms with Crippen LogP contribution in [0.3, 0.4) is 0 Å². The van der Waals surface area contributed by atoms with E-state index in [-0.39, 0.29) is 27.8 Å². The van der Waals surface area contributed by atoms with Gasteiger partial charge in [0.15, 0.2) is 0 Å². The Bertz CT molecular complexity index is 1020. The van der Waals surface area contributed by atoms with Crippen molar-refractivity contribution in [3.8, 4) is 0 Å². The summed E-state index contributed by atoms with van der Waals surface area (Å²) in [5, 5.41) is 0. The molecule has 3 nitrogen and oxygen atoms in total. The van der Waals surface area contributed by atoms with E-state index in [1.54, 1.807) is 0 Å². The Morgan fingerprint density at radius 1 is 0.525 bits per heavy atom. The van der Waals surface area contributed by atoms with E-state index in [1.165, 1.54) is 33.4 Å². The smallest absolute Gasteiger partial charge is 0.193 e. The lowest BCUT2D eigenvalue weighted by Gasteiger charge is -2.34. The molecule has 0 atom stereocenters. The predicted molar refractivity (Wildman–Crippen MR) is 176 cm³/mol. The van der Waals surface area contributed by atoms with Crippen molar-refractivity contribution in [3.05, 3.63) is 69.8 Å². The van der Waals surface area contributed by atoms with Crippen LogP contribution >= 0.6 is 7.94 Å². The molecule has 0 saturated carbocycles. The Morgan fingerprint density at radius 2 is 0.900 bits per heavy atom. The van der Waals surface area contributed by atoms with Crippen LogP contribution < -0.4 is 0 Å². The third kappa shape index (κ3) is 10.2. The fourth-order valence-corrected chi connectivity index (χ4v) is 6.28. The molecule has 0 spiro atoms. The van der Waals surface area contributed by atoms with E-state index < -0.39 is 7.94 Å². The van der Waals surface area contributed by atoms with Gasteiger partial charge in [-0.3, -0.25) is 0 Å². The van der Waals surface area contributed by atoms with Crippen molar-refractivity contribution in [2.45, 2.75) is 149 Å². The molecule has 0 aliphatic rings. The molecule has 226 valence electrons. The zero-order valence-corrected chi connectivity index (χ0v) is 28.7. The van der Waals surface area contributed by atoms with Gasteiger partial charge in [0.05, 0.1) is 0 Å². The quantitative estimate of drug-likeness (QED) is 0.196. The maximum absolute atomic E-state index is 9.29. The first-order valence-corrected chi connectivity index (χ1v) is 17.2. The fraction of sp³-hybridized carbons (Fsp3) is 0.667. The molecule has 2 rings (SSSR count). The van der Waals surface area contributed by atoms with Crippen molar-refractivity contribution in [1.29, 1.82) is 0 Å². The minimum absolute atomic E-state index is 0.0244. The maximum atomic E-state index is 9.29. The van der Waals surface area contributed by atoms with Crippen molar-refractivity contribution in [2.75, 3.05) is 6.16 Å². The summed E-state index contributed by atoms with van der Waals surface area (Å²) < 4.78 is 0. The van der Waals surface area contributed by atoms with Crippen molar-refractivity contribution < 1.29 is 14.7 Å². The van der Waals surface area contributed by atoms with Crippen LogP contribution in [0, 0.1) is 0 Å². The second kappa shape index (κ2) is 12.9. The van der Waals surface area contributed by atoms with E-state index in [0.29, 0.717) is 12.3 Å². The predicted octanol–water partition coefficient (Wildman–Crippen LogP) is 10.1. The van der Waals surface area contributed by atoms with Gasteiger partial charge in [0.1, 0.15) is 6.16 Å². The maximum Gasteiger partial charge on any atom is 0.403 e. The zero-order chi connectivity index (χ0) is 30.7. The van der Waals surface area contributed by atoms with Crippen LogP contribution in [-0.4, -0.2) is 20.8 Å². The summed E-state index contributed by atoms with van der Waals surface area (Å²) in [4.78, 5) is 27.9. The van der Waals surface area contributed by atoms with E-state index in [2.05, 4.69) is 119 Å². The number of benzene rings is 2. The van der Waals surface area contributed by atoms with Gasteiger partial charge in [-0.05, 0) is 74.3 Å². The van der Waals surface area contributed by atoms with Crippen LogP contribution in [0.5, 0.6) is 0 Å². The molecular weight excluding hydrogens is 511 g/mol. The largest absolute Gasteiger partial charge is 0.403 e. The van der Waals surface area contributed by atoms with Crippen LogP contribution in [0.15, 0.2) is 36.4 Å². The lowest BCUT2D eigenvalue weighted by molar-refractivity contribution is 0.328. The minimum Gasteiger partial charge on any atom is -0.193 e. The van der Waals surface area contributed by atoms with Crippen LogP contribution in [0.2, 0.25) is 0 Å². The van der Waals surface area contributed by atoms with Gasteiger partial charge in [0.2, 0.25) is 0 Å². The van der Waals surface area contributed by atoms with Crippen LogP contribution in [-0.2, 0) is 21.7 Å². The molecule has 0 unspecified atom stereocenters. The van der Waals surface area contributed by atoms with Crippen molar-refractivity contribution in [3.63, 3.8) is 0 Å². The summed E-state index contributed by atoms with van der Waals surface area (Å²) in [6, 6.07) is 14.5. The Kier molecular flexibility index (Phi) is 11.3. The summed E-state index contributed by atoms with van der Waals surface area (Å²) in [5.74, 6) is 0.303. The molecule has 3 N–H and O–H groups in total. The fourth-order valence-electron chi connectivity index (χ4n) is 5.63. The van der Waals surface area contributed by atoms with Gasteiger partial charge in [-0.25, -0.2) is 0 Å². The number of unbranched alkanes of at least 4 members (excludes halogenated alkanes) is 4. The number of rotatable bonds is 10. The van der Waals surface area contributed by atoms with Crippen LogP contribution in [0.1, 0.15) is 161 Å². The normalized spacial score (nSPS) is 13.8.